The number of hydrogen-bond donors (Lipinski definition) is 1. The van der Waals surface area contributed by atoms with Gasteiger partial charge in [-0.1, -0.05) is 30.3 Å². The molecule has 0 fully saturated rings. The van der Waals surface area contributed by atoms with E-state index in [9.17, 15) is 14.4 Å². The molecular formula is C18H19NO6. The Morgan fingerprint density at radius 3 is 2.28 bits per heavy atom. The van der Waals surface area contributed by atoms with Crippen LogP contribution in [0.3, 0.4) is 0 Å². The van der Waals surface area contributed by atoms with Crippen LogP contribution in [0.2, 0.25) is 0 Å². The zero-order valence-corrected chi connectivity index (χ0v) is 14.3. The molecule has 1 aromatic heterocycles. The number of benzene rings is 1. The van der Waals surface area contributed by atoms with E-state index in [1.54, 1.807) is 6.92 Å². The molecule has 0 saturated heterocycles. The lowest BCUT2D eigenvalue weighted by molar-refractivity contribution is -0.139. The monoisotopic (exact) mass is 345 g/mol. The van der Waals surface area contributed by atoms with Crippen LogP contribution in [0.25, 0.3) is 0 Å². The fourth-order valence-corrected chi connectivity index (χ4v) is 2.38. The Balaban J connectivity index is 2.33. The highest BCUT2D eigenvalue weighted by atomic mass is 16.5. The molecule has 1 aromatic carbocycles. The Hall–Kier alpha value is -3.09. The third-order valence-electron chi connectivity index (χ3n) is 3.67. The number of H-pyrrole nitrogens is 1. The molecule has 0 atom stereocenters. The first-order chi connectivity index (χ1) is 12.0. The van der Waals surface area contributed by atoms with Gasteiger partial charge in [0.25, 0.3) is 0 Å². The van der Waals surface area contributed by atoms with E-state index in [4.69, 9.17) is 9.47 Å². The van der Waals surface area contributed by atoms with Gasteiger partial charge in [0.05, 0.1) is 26.2 Å². The van der Waals surface area contributed by atoms with E-state index in [-0.39, 0.29) is 24.3 Å². The molecule has 7 heteroatoms. The molecule has 0 bridgehead atoms. The number of carbonyl (C=O) groups excluding carboxylic acids is 3. The molecule has 2 rings (SSSR count). The summed E-state index contributed by atoms with van der Waals surface area (Å²) >= 11 is 0. The predicted molar refractivity (Wildman–Crippen MR) is 88.2 cm³/mol. The molecule has 7 nitrogen and oxygen atoms in total. The van der Waals surface area contributed by atoms with Crippen molar-refractivity contribution in [3.8, 4) is 0 Å². The van der Waals surface area contributed by atoms with Crippen molar-refractivity contribution in [1.82, 2.24) is 4.98 Å². The Morgan fingerprint density at radius 1 is 1.00 bits per heavy atom. The van der Waals surface area contributed by atoms with E-state index in [2.05, 4.69) is 9.72 Å². The second-order valence-corrected chi connectivity index (χ2v) is 5.28. The number of carbonyl (C=O) groups is 3. The van der Waals surface area contributed by atoms with E-state index >= 15 is 0 Å². The summed E-state index contributed by atoms with van der Waals surface area (Å²) in [5.41, 5.74) is 1.60. The van der Waals surface area contributed by atoms with Crippen molar-refractivity contribution in [2.75, 3.05) is 14.2 Å². The van der Waals surface area contributed by atoms with Crippen LogP contribution in [-0.4, -0.2) is 37.1 Å². The van der Waals surface area contributed by atoms with Gasteiger partial charge in [-0.15, -0.1) is 0 Å². The molecule has 132 valence electrons. The second kappa shape index (κ2) is 8.14. The minimum atomic E-state index is -0.717. The first-order valence-electron chi connectivity index (χ1n) is 7.55. The first kappa shape index (κ1) is 18.3. The lowest BCUT2D eigenvalue weighted by Crippen LogP contribution is -2.15. The molecule has 25 heavy (non-hydrogen) atoms. The van der Waals surface area contributed by atoms with Crippen LogP contribution >= 0.6 is 0 Å². The molecule has 2 aromatic rings. The summed E-state index contributed by atoms with van der Waals surface area (Å²) in [5.74, 6) is -1.96. The van der Waals surface area contributed by atoms with Crippen LogP contribution < -0.4 is 0 Å². The van der Waals surface area contributed by atoms with Gasteiger partial charge in [0.2, 0.25) is 0 Å². The van der Waals surface area contributed by atoms with E-state index in [0.29, 0.717) is 11.3 Å². The number of methoxy groups -OCH3 is 2. The summed E-state index contributed by atoms with van der Waals surface area (Å²) in [4.78, 5) is 38.9. The zero-order valence-electron chi connectivity index (χ0n) is 14.3. The van der Waals surface area contributed by atoms with E-state index in [0.717, 1.165) is 5.56 Å². The standard InChI is InChI=1S/C18H19NO6/c1-11-13(9-14(20)23-2)15(16(19-11)18(22)24-3)17(21)25-10-12-7-5-4-6-8-12/h4-8,19H,9-10H2,1-3H3. The lowest BCUT2D eigenvalue weighted by atomic mass is 10.1. The Labute approximate surface area is 144 Å². The predicted octanol–water partition coefficient (Wildman–Crippen LogP) is 2.18. The van der Waals surface area contributed by atoms with Crippen molar-refractivity contribution >= 4 is 17.9 Å². The average molecular weight is 345 g/mol. The van der Waals surface area contributed by atoms with Gasteiger partial charge in [-0.25, -0.2) is 9.59 Å². The van der Waals surface area contributed by atoms with E-state index in [1.807, 2.05) is 30.3 Å². The Kier molecular flexibility index (Phi) is 5.94. The minimum absolute atomic E-state index is 0.00863. The van der Waals surface area contributed by atoms with Crippen molar-refractivity contribution < 1.29 is 28.6 Å². The third-order valence-corrected chi connectivity index (χ3v) is 3.67. The van der Waals surface area contributed by atoms with Crippen LogP contribution in [0.5, 0.6) is 0 Å². The van der Waals surface area contributed by atoms with Gasteiger partial charge in [-0.2, -0.15) is 0 Å². The number of rotatable bonds is 6. The SMILES string of the molecule is COC(=O)Cc1c(C)[nH]c(C(=O)OC)c1C(=O)OCc1ccccc1. The van der Waals surface area contributed by atoms with Crippen molar-refractivity contribution in [2.24, 2.45) is 0 Å². The highest BCUT2D eigenvalue weighted by Crippen LogP contribution is 2.22. The Morgan fingerprint density at radius 2 is 1.68 bits per heavy atom. The fourth-order valence-electron chi connectivity index (χ4n) is 2.38. The molecule has 0 aliphatic rings. The number of aromatic nitrogens is 1. The lowest BCUT2D eigenvalue weighted by Gasteiger charge is -2.08. The van der Waals surface area contributed by atoms with Crippen molar-refractivity contribution in [2.45, 2.75) is 20.0 Å². The highest BCUT2D eigenvalue weighted by molar-refractivity contribution is 6.04. The van der Waals surface area contributed by atoms with E-state index in [1.165, 1.54) is 14.2 Å². The van der Waals surface area contributed by atoms with Gasteiger partial charge in [-0.05, 0) is 18.1 Å². The summed E-state index contributed by atoms with van der Waals surface area (Å²) in [6.07, 6.45) is -0.161. The molecule has 1 N–H and O–H groups in total. The van der Waals surface area contributed by atoms with Gasteiger partial charge < -0.3 is 19.2 Å². The number of ether oxygens (including phenoxy) is 3. The molecule has 0 radical (unpaired) electrons. The van der Waals surface area contributed by atoms with Gasteiger partial charge in [0.15, 0.2) is 0 Å². The number of hydrogen-bond acceptors (Lipinski definition) is 6. The fraction of sp³-hybridized carbons (Fsp3) is 0.278. The molecule has 1 heterocycles. The largest absolute Gasteiger partial charge is 0.469 e. The number of aromatic amines is 1. The maximum absolute atomic E-state index is 12.6. The molecular weight excluding hydrogens is 326 g/mol. The van der Waals surface area contributed by atoms with Gasteiger partial charge in [0, 0.05) is 5.69 Å². The maximum atomic E-state index is 12.6. The molecule has 0 amide bonds. The van der Waals surface area contributed by atoms with Gasteiger partial charge >= 0.3 is 17.9 Å². The van der Waals surface area contributed by atoms with Crippen LogP contribution in [-0.2, 0) is 32.0 Å². The Bertz CT molecular complexity index is 778. The minimum Gasteiger partial charge on any atom is -0.469 e. The summed E-state index contributed by atoms with van der Waals surface area (Å²) < 4.78 is 14.6. The quantitative estimate of drug-likeness (QED) is 0.637. The van der Waals surface area contributed by atoms with Crippen molar-refractivity contribution in [1.29, 1.82) is 0 Å². The maximum Gasteiger partial charge on any atom is 0.355 e. The molecule has 0 saturated carbocycles. The summed E-state index contributed by atoms with van der Waals surface area (Å²) in [6, 6.07) is 9.13. The number of nitrogens with one attached hydrogen (secondary N) is 1. The molecule has 0 spiro atoms. The first-order valence-corrected chi connectivity index (χ1v) is 7.55. The number of aryl methyl sites for hydroxylation is 1. The molecule has 0 aliphatic carbocycles. The normalized spacial score (nSPS) is 10.2. The third kappa shape index (κ3) is 4.26. The van der Waals surface area contributed by atoms with Crippen molar-refractivity contribution in [3.63, 3.8) is 0 Å². The summed E-state index contributed by atoms with van der Waals surface area (Å²) in [5, 5.41) is 0. The van der Waals surface area contributed by atoms with Crippen LogP contribution in [0.1, 0.15) is 37.7 Å². The highest BCUT2D eigenvalue weighted by Gasteiger charge is 2.28. The zero-order chi connectivity index (χ0) is 18.4. The average Bonchev–Trinajstić information content (AvgIpc) is 2.96. The van der Waals surface area contributed by atoms with Crippen LogP contribution in [0.15, 0.2) is 30.3 Å². The van der Waals surface area contributed by atoms with Crippen molar-refractivity contribution in [3.05, 3.63) is 58.4 Å². The molecule has 0 aliphatic heterocycles. The smallest absolute Gasteiger partial charge is 0.355 e. The number of esters is 3. The topological polar surface area (TPSA) is 94.7 Å². The van der Waals surface area contributed by atoms with E-state index < -0.39 is 17.9 Å². The van der Waals surface area contributed by atoms with Crippen LogP contribution in [0.4, 0.5) is 0 Å². The molecule has 0 unspecified atom stereocenters. The van der Waals surface area contributed by atoms with Gasteiger partial charge in [-0.3, -0.25) is 4.79 Å². The van der Waals surface area contributed by atoms with Crippen LogP contribution in [0, 0.1) is 6.92 Å². The van der Waals surface area contributed by atoms with Gasteiger partial charge in [0.1, 0.15) is 12.3 Å². The summed E-state index contributed by atoms with van der Waals surface area (Å²) in [7, 11) is 2.45. The summed E-state index contributed by atoms with van der Waals surface area (Å²) in [6.45, 7) is 1.70. The second-order valence-electron chi connectivity index (χ2n) is 5.28.